The van der Waals surface area contributed by atoms with Gasteiger partial charge in [-0.1, -0.05) is 42.0 Å². The number of fused-ring (bicyclic) bond motifs is 1. The topological polar surface area (TPSA) is 83.1 Å². The molecule has 0 aliphatic heterocycles. The molecule has 0 radical (unpaired) electrons. The molecule has 1 amide bonds. The van der Waals surface area contributed by atoms with Crippen LogP contribution in [0.2, 0.25) is 0 Å². The third kappa shape index (κ3) is 3.02. The fraction of sp³-hybridized carbons (Fsp3) is 0.0476. The zero-order valence-electron chi connectivity index (χ0n) is 14.5. The lowest BCUT2D eigenvalue weighted by molar-refractivity contribution is 0.102. The maximum Gasteiger partial charge on any atom is 0.261 e. The van der Waals surface area contributed by atoms with Crippen LogP contribution in [-0.2, 0) is 0 Å². The highest BCUT2D eigenvalue weighted by Crippen LogP contribution is 2.22. The van der Waals surface area contributed by atoms with Gasteiger partial charge in [-0.05, 0) is 25.1 Å². The van der Waals surface area contributed by atoms with E-state index in [-0.39, 0.29) is 5.91 Å². The minimum Gasteiger partial charge on any atom is -0.321 e. The molecule has 0 spiro atoms. The van der Waals surface area contributed by atoms with Crippen molar-refractivity contribution in [2.24, 2.45) is 0 Å². The molecule has 6 heteroatoms. The normalized spacial score (nSPS) is 10.5. The maximum atomic E-state index is 12.7. The number of carbonyl (C=O) groups is 1. The highest BCUT2D eigenvalue weighted by molar-refractivity contribution is 6.08. The number of anilines is 1. The third-order valence-corrected chi connectivity index (χ3v) is 4.29. The molecule has 27 heavy (non-hydrogen) atoms. The first-order chi connectivity index (χ1) is 13.2. The summed E-state index contributed by atoms with van der Waals surface area (Å²) < 4.78 is 1.65. The van der Waals surface area contributed by atoms with Crippen molar-refractivity contribution in [3.63, 3.8) is 0 Å². The Kier molecular flexibility index (Phi) is 4.11. The number of amides is 1. The molecule has 2 heterocycles. The van der Waals surface area contributed by atoms with Crippen LogP contribution >= 0.6 is 0 Å². The predicted octanol–water partition coefficient (Wildman–Crippen LogP) is 3.83. The van der Waals surface area contributed by atoms with Gasteiger partial charge in [-0.2, -0.15) is 10.4 Å². The number of nitrogens with one attached hydrogen (secondary N) is 1. The summed E-state index contributed by atoms with van der Waals surface area (Å²) in [6, 6.07) is 18.8. The molecule has 2 aromatic carbocycles. The minimum atomic E-state index is -0.360. The summed E-state index contributed by atoms with van der Waals surface area (Å²) in [5.41, 5.74) is 4.65. The van der Waals surface area contributed by atoms with Crippen molar-refractivity contribution in [2.45, 2.75) is 6.92 Å². The molecule has 0 saturated heterocycles. The fourth-order valence-corrected chi connectivity index (χ4v) is 2.87. The highest BCUT2D eigenvalue weighted by atomic mass is 16.1. The summed E-state index contributed by atoms with van der Waals surface area (Å²) in [6.45, 7) is 2.03. The number of aromatic nitrogens is 3. The second kappa shape index (κ2) is 6.73. The zero-order valence-corrected chi connectivity index (χ0v) is 14.5. The Morgan fingerprint density at radius 1 is 1.11 bits per heavy atom. The smallest absolute Gasteiger partial charge is 0.261 e. The van der Waals surface area contributed by atoms with Gasteiger partial charge in [0.2, 0.25) is 0 Å². The Balaban J connectivity index is 1.73. The molecule has 0 aliphatic carbocycles. The van der Waals surface area contributed by atoms with Crippen molar-refractivity contribution >= 4 is 17.2 Å². The number of aryl methyl sites for hydroxylation is 1. The molecule has 0 bridgehead atoms. The number of benzene rings is 2. The monoisotopic (exact) mass is 353 g/mol. The van der Waals surface area contributed by atoms with Gasteiger partial charge < -0.3 is 5.32 Å². The van der Waals surface area contributed by atoms with Crippen molar-refractivity contribution in [3.05, 3.63) is 83.7 Å². The van der Waals surface area contributed by atoms with Gasteiger partial charge in [-0.3, -0.25) is 4.79 Å². The Labute approximate surface area is 155 Å². The number of nitrogens with zero attached hydrogens (tertiary/aromatic N) is 4. The lowest BCUT2D eigenvalue weighted by Crippen LogP contribution is -2.13. The number of carbonyl (C=O) groups excluding carboxylic acids is 1. The molecule has 4 rings (SSSR count). The van der Waals surface area contributed by atoms with Crippen molar-refractivity contribution in [1.29, 1.82) is 5.26 Å². The summed E-state index contributed by atoms with van der Waals surface area (Å²) in [7, 11) is 0. The van der Waals surface area contributed by atoms with Crippen LogP contribution in [0.25, 0.3) is 16.9 Å². The second-order valence-corrected chi connectivity index (χ2v) is 6.10. The molecule has 4 aromatic rings. The molecule has 1 N–H and O–H groups in total. The van der Waals surface area contributed by atoms with Crippen LogP contribution < -0.4 is 5.32 Å². The molecule has 130 valence electrons. The van der Waals surface area contributed by atoms with E-state index >= 15 is 0 Å². The maximum absolute atomic E-state index is 12.7. The first kappa shape index (κ1) is 16.5. The Hall–Kier alpha value is -3.98. The second-order valence-electron chi connectivity index (χ2n) is 6.10. The zero-order chi connectivity index (χ0) is 18.8. The van der Waals surface area contributed by atoms with Crippen LogP contribution in [0.3, 0.4) is 0 Å². The summed E-state index contributed by atoms with van der Waals surface area (Å²) >= 11 is 0. The SMILES string of the molecule is Cc1ccc(-c2ccnc3c(C(=O)Nc4ccccc4C#N)cnn23)cc1. The molecule has 0 aliphatic rings. The van der Waals surface area contributed by atoms with E-state index in [1.54, 1.807) is 35.0 Å². The van der Waals surface area contributed by atoms with Crippen LogP contribution in [0.1, 0.15) is 21.5 Å². The molecule has 0 atom stereocenters. The van der Waals surface area contributed by atoms with Gasteiger partial charge in [0.25, 0.3) is 5.91 Å². The fourth-order valence-electron chi connectivity index (χ4n) is 2.87. The number of hydrogen-bond donors (Lipinski definition) is 1. The molecular weight excluding hydrogens is 338 g/mol. The molecule has 0 saturated carbocycles. The van der Waals surface area contributed by atoms with E-state index in [0.717, 1.165) is 11.3 Å². The Morgan fingerprint density at radius 3 is 2.67 bits per heavy atom. The first-order valence-electron chi connectivity index (χ1n) is 8.37. The summed E-state index contributed by atoms with van der Waals surface area (Å²) in [5.74, 6) is -0.360. The summed E-state index contributed by atoms with van der Waals surface area (Å²) in [4.78, 5) is 17.1. The van der Waals surface area contributed by atoms with Gasteiger partial charge in [0.05, 0.1) is 23.1 Å². The molecule has 6 nitrogen and oxygen atoms in total. The van der Waals surface area contributed by atoms with E-state index < -0.39 is 0 Å². The van der Waals surface area contributed by atoms with Gasteiger partial charge in [0.15, 0.2) is 5.65 Å². The van der Waals surface area contributed by atoms with Gasteiger partial charge in [0.1, 0.15) is 11.6 Å². The first-order valence-corrected chi connectivity index (χ1v) is 8.37. The molecule has 0 fully saturated rings. The average molecular weight is 353 g/mol. The number of nitriles is 1. The van der Waals surface area contributed by atoms with Crippen LogP contribution in [-0.4, -0.2) is 20.5 Å². The lowest BCUT2D eigenvalue weighted by Gasteiger charge is -2.07. The van der Waals surface area contributed by atoms with E-state index in [9.17, 15) is 10.1 Å². The van der Waals surface area contributed by atoms with Crippen molar-refractivity contribution < 1.29 is 4.79 Å². The van der Waals surface area contributed by atoms with E-state index in [2.05, 4.69) is 21.5 Å². The van der Waals surface area contributed by atoms with Crippen LogP contribution in [0, 0.1) is 18.3 Å². The van der Waals surface area contributed by atoms with Crippen LogP contribution in [0.15, 0.2) is 67.0 Å². The minimum absolute atomic E-state index is 0.344. The van der Waals surface area contributed by atoms with Gasteiger partial charge in [-0.25, -0.2) is 9.50 Å². The van der Waals surface area contributed by atoms with Gasteiger partial charge in [-0.15, -0.1) is 0 Å². The third-order valence-electron chi connectivity index (χ3n) is 4.29. The van der Waals surface area contributed by atoms with E-state index in [0.29, 0.717) is 22.5 Å². The van der Waals surface area contributed by atoms with E-state index in [1.807, 2.05) is 37.3 Å². The number of hydrogen-bond acceptors (Lipinski definition) is 4. The Morgan fingerprint density at radius 2 is 1.89 bits per heavy atom. The van der Waals surface area contributed by atoms with Crippen molar-refractivity contribution in [1.82, 2.24) is 14.6 Å². The summed E-state index contributed by atoms with van der Waals surface area (Å²) in [6.07, 6.45) is 3.15. The number of para-hydroxylation sites is 1. The summed E-state index contributed by atoms with van der Waals surface area (Å²) in [5, 5.41) is 16.3. The average Bonchev–Trinajstić information content (AvgIpc) is 3.13. The van der Waals surface area contributed by atoms with Crippen molar-refractivity contribution in [2.75, 3.05) is 5.32 Å². The lowest BCUT2D eigenvalue weighted by atomic mass is 10.1. The van der Waals surface area contributed by atoms with Crippen LogP contribution in [0.4, 0.5) is 5.69 Å². The van der Waals surface area contributed by atoms with Crippen molar-refractivity contribution in [3.8, 4) is 17.3 Å². The number of rotatable bonds is 3. The quantitative estimate of drug-likeness (QED) is 0.607. The molecular formula is C21H15N5O. The van der Waals surface area contributed by atoms with Gasteiger partial charge >= 0.3 is 0 Å². The van der Waals surface area contributed by atoms with E-state index in [4.69, 9.17) is 0 Å². The molecule has 2 aromatic heterocycles. The van der Waals surface area contributed by atoms with Crippen LogP contribution in [0.5, 0.6) is 0 Å². The molecule has 0 unspecified atom stereocenters. The Bertz CT molecular complexity index is 1190. The van der Waals surface area contributed by atoms with Gasteiger partial charge in [0, 0.05) is 11.8 Å². The predicted molar refractivity (Wildman–Crippen MR) is 102 cm³/mol. The standard InChI is InChI=1S/C21H15N5O/c1-14-6-8-15(9-7-14)19-10-11-23-20-17(13-24-26(19)20)21(27)25-18-5-3-2-4-16(18)12-22/h2-11,13H,1H3,(H,25,27). The highest BCUT2D eigenvalue weighted by Gasteiger charge is 2.17. The van der Waals surface area contributed by atoms with E-state index in [1.165, 1.54) is 11.8 Å². The largest absolute Gasteiger partial charge is 0.321 e.